The predicted octanol–water partition coefficient (Wildman–Crippen LogP) is 0.396. The van der Waals surface area contributed by atoms with Gasteiger partial charge < -0.3 is 9.84 Å². The van der Waals surface area contributed by atoms with Crippen LogP contribution in [0.25, 0.3) is 0 Å². The van der Waals surface area contributed by atoms with Crippen LogP contribution in [0.1, 0.15) is 47.0 Å². The third-order valence-corrected chi connectivity index (χ3v) is 3.37. The van der Waals surface area contributed by atoms with Gasteiger partial charge in [-0.05, 0) is 33.6 Å². The van der Waals surface area contributed by atoms with Crippen LogP contribution in [0.2, 0.25) is 0 Å². The number of hydrogen-bond acceptors (Lipinski definition) is 5. The van der Waals surface area contributed by atoms with Crippen molar-refractivity contribution in [3.63, 3.8) is 0 Å². The van der Waals surface area contributed by atoms with Crippen molar-refractivity contribution in [1.29, 1.82) is 0 Å². The van der Waals surface area contributed by atoms with Crippen molar-refractivity contribution in [2.75, 3.05) is 6.54 Å². The van der Waals surface area contributed by atoms with Gasteiger partial charge in [-0.25, -0.2) is 4.72 Å². The Morgan fingerprint density at radius 1 is 1.29 bits per heavy atom. The van der Waals surface area contributed by atoms with E-state index in [1.54, 1.807) is 27.7 Å². The van der Waals surface area contributed by atoms with Crippen LogP contribution < -0.4 is 9.44 Å². The third-order valence-electron chi connectivity index (χ3n) is 2.19. The van der Waals surface area contributed by atoms with Crippen molar-refractivity contribution < 1.29 is 27.9 Å². The largest absolute Gasteiger partial charge is 0.480 e. The van der Waals surface area contributed by atoms with Gasteiger partial charge in [0.1, 0.15) is 11.6 Å². The average molecular weight is 324 g/mol. The van der Waals surface area contributed by atoms with Gasteiger partial charge in [0.2, 0.25) is 0 Å². The molecule has 0 heterocycles. The Kier molecular flexibility index (Phi) is 7.83. The standard InChI is InChI=1S/C12H24N2O6S/c1-5-8-13-21(18,19)14-9(11(16)17)6-7-10(15)20-12(2,3)4/h9,13-14H,5-8H2,1-4H3,(H,16,17)/t9-/m1/s1. The Bertz CT molecular complexity index is 455. The summed E-state index contributed by atoms with van der Waals surface area (Å²) in [7, 11) is -3.90. The molecule has 0 aromatic rings. The van der Waals surface area contributed by atoms with Gasteiger partial charge in [-0.1, -0.05) is 6.92 Å². The fourth-order valence-electron chi connectivity index (χ4n) is 1.35. The minimum absolute atomic E-state index is 0.183. The van der Waals surface area contributed by atoms with Crippen molar-refractivity contribution >= 4 is 22.1 Å². The number of carbonyl (C=O) groups is 2. The molecule has 3 N–H and O–H groups in total. The fourth-order valence-corrected chi connectivity index (χ4v) is 2.50. The number of nitrogens with one attached hydrogen (secondary N) is 2. The molecule has 0 saturated carbocycles. The normalized spacial score (nSPS) is 13.7. The summed E-state index contributed by atoms with van der Waals surface area (Å²) in [6.45, 7) is 7.05. The number of rotatable bonds is 9. The first-order valence-corrected chi connectivity index (χ1v) is 8.16. The van der Waals surface area contributed by atoms with Crippen LogP contribution in [0.5, 0.6) is 0 Å². The number of aliphatic carboxylic acids is 1. The molecule has 0 aliphatic heterocycles. The summed E-state index contributed by atoms with van der Waals surface area (Å²) in [4.78, 5) is 22.6. The highest BCUT2D eigenvalue weighted by Gasteiger charge is 2.25. The molecule has 0 rings (SSSR count). The quantitative estimate of drug-likeness (QED) is 0.528. The molecule has 124 valence electrons. The first-order valence-electron chi connectivity index (χ1n) is 6.68. The second kappa shape index (κ2) is 8.30. The van der Waals surface area contributed by atoms with Crippen molar-refractivity contribution in [3.8, 4) is 0 Å². The Morgan fingerprint density at radius 2 is 1.86 bits per heavy atom. The van der Waals surface area contributed by atoms with Crippen LogP contribution in [0, 0.1) is 0 Å². The van der Waals surface area contributed by atoms with Crippen LogP contribution in [-0.2, 0) is 24.5 Å². The van der Waals surface area contributed by atoms with E-state index in [4.69, 9.17) is 9.84 Å². The number of carboxylic acid groups (broad SMARTS) is 1. The van der Waals surface area contributed by atoms with E-state index in [1.807, 2.05) is 4.72 Å². The van der Waals surface area contributed by atoms with Crippen LogP contribution in [-0.4, -0.2) is 43.7 Å². The van der Waals surface area contributed by atoms with Gasteiger partial charge in [-0.2, -0.15) is 13.1 Å². The zero-order valence-electron chi connectivity index (χ0n) is 12.8. The predicted molar refractivity (Wildman–Crippen MR) is 76.9 cm³/mol. The number of esters is 1. The lowest BCUT2D eigenvalue weighted by Crippen LogP contribution is -2.46. The van der Waals surface area contributed by atoms with Crippen molar-refractivity contribution in [3.05, 3.63) is 0 Å². The summed E-state index contributed by atoms with van der Waals surface area (Å²) in [6, 6.07) is -1.38. The van der Waals surface area contributed by atoms with E-state index in [-0.39, 0.29) is 19.4 Å². The molecule has 0 aromatic heterocycles. The highest BCUT2D eigenvalue weighted by Crippen LogP contribution is 2.10. The summed E-state index contributed by atoms with van der Waals surface area (Å²) in [6.07, 6.45) is 0.207. The maximum absolute atomic E-state index is 11.6. The van der Waals surface area contributed by atoms with E-state index in [0.29, 0.717) is 6.42 Å². The van der Waals surface area contributed by atoms with Gasteiger partial charge in [-0.3, -0.25) is 9.59 Å². The molecule has 0 aliphatic carbocycles. The summed E-state index contributed by atoms with van der Waals surface area (Å²) in [5.41, 5.74) is -0.669. The fraction of sp³-hybridized carbons (Fsp3) is 0.833. The molecule has 0 unspecified atom stereocenters. The van der Waals surface area contributed by atoms with Gasteiger partial charge in [0.05, 0.1) is 0 Å². The molecule has 0 amide bonds. The van der Waals surface area contributed by atoms with Crippen LogP contribution in [0.3, 0.4) is 0 Å². The number of carbonyl (C=O) groups excluding carboxylic acids is 1. The van der Waals surface area contributed by atoms with Crippen molar-refractivity contribution in [1.82, 2.24) is 9.44 Å². The summed E-state index contributed by atoms with van der Waals surface area (Å²) in [5, 5.41) is 9.00. The minimum Gasteiger partial charge on any atom is -0.480 e. The highest BCUT2D eigenvalue weighted by molar-refractivity contribution is 7.87. The van der Waals surface area contributed by atoms with Crippen LogP contribution in [0.15, 0.2) is 0 Å². The van der Waals surface area contributed by atoms with Crippen molar-refractivity contribution in [2.45, 2.75) is 58.6 Å². The Morgan fingerprint density at radius 3 is 2.29 bits per heavy atom. The maximum Gasteiger partial charge on any atom is 0.321 e. The first kappa shape index (κ1) is 19.8. The first-order chi connectivity index (χ1) is 9.47. The summed E-state index contributed by atoms with van der Waals surface area (Å²) in [5.74, 6) is -1.92. The second-order valence-corrected chi connectivity index (χ2v) is 7.06. The van der Waals surface area contributed by atoms with Gasteiger partial charge in [0.15, 0.2) is 0 Å². The molecular formula is C12H24N2O6S. The maximum atomic E-state index is 11.6. The molecule has 0 fully saturated rings. The van der Waals surface area contributed by atoms with E-state index in [9.17, 15) is 18.0 Å². The molecule has 0 spiro atoms. The Labute approximate surface area is 125 Å². The zero-order valence-corrected chi connectivity index (χ0v) is 13.6. The van der Waals surface area contributed by atoms with Gasteiger partial charge in [0, 0.05) is 13.0 Å². The van der Waals surface area contributed by atoms with E-state index in [0.717, 1.165) is 0 Å². The van der Waals surface area contributed by atoms with E-state index in [1.165, 1.54) is 0 Å². The topological polar surface area (TPSA) is 122 Å². The molecular weight excluding hydrogens is 300 g/mol. The molecule has 21 heavy (non-hydrogen) atoms. The SMILES string of the molecule is CCCNS(=O)(=O)N[C@H](CCC(=O)OC(C)(C)C)C(=O)O. The Balaban J connectivity index is 4.52. The molecule has 1 atom stereocenters. The molecule has 8 nitrogen and oxygen atoms in total. The van der Waals surface area contributed by atoms with Gasteiger partial charge in [0.25, 0.3) is 10.2 Å². The van der Waals surface area contributed by atoms with E-state index >= 15 is 0 Å². The lowest BCUT2D eigenvalue weighted by atomic mass is 10.1. The molecule has 0 saturated heterocycles. The Hall–Kier alpha value is -1.19. The molecule has 0 aliphatic rings. The highest BCUT2D eigenvalue weighted by atomic mass is 32.2. The zero-order chi connectivity index (χ0) is 16.7. The van der Waals surface area contributed by atoms with Crippen LogP contribution in [0.4, 0.5) is 0 Å². The average Bonchev–Trinajstić information content (AvgIpc) is 2.29. The van der Waals surface area contributed by atoms with E-state index in [2.05, 4.69) is 4.72 Å². The lowest BCUT2D eigenvalue weighted by molar-refractivity contribution is -0.155. The molecule has 9 heteroatoms. The third kappa shape index (κ3) is 10.2. The van der Waals surface area contributed by atoms with Crippen LogP contribution >= 0.6 is 0 Å². The lowest BCUT2D eigenvalue weighted by Gasteiger charge is -2.20. The monoisotopic (exact) mass is 324 g/mol. The molecule has 0 aromatic carbocycles. The van der Waals surface area contributed by atoms with Crippen molar-refractivity contribution in [2.24, 2.45) is 0 Å². The molecule has 0 bridgehead atoms. The summed E-state index contributed by atoms with van der Waals surface area (Å²) < 4.78 is 32.4. The van der Waals surface area contributed by atoms with E-state index < -0.39 is 33.8 Å². The number of carboxylic acids is 1. The number of hydrogen-bond donors (Lipinski definition) is 3. The second-order valence-electron chi connectivity index (χ2n) is 5.53. The smallest absolute Gasteiger partial charge is 0.321 e. The van der Waals surface area contributed by atoms with Gasteiger partial charge in [-0.15, -0.1) is 0 Å². The molecule has 0 radical (unpaired) electrons. The summed E-state index contributed by atoms with van der Waals surface area (Å²) >= 11 is 0. The minimum atomic E-state index is -3.90. The number of ether oxygens (including phenoxy) is 1. The van der Waals surface area contributed by atoms with Gasteiger partial charge >= 0.3 is 11.9 Å².